The summed E-state index contributed by atoms with van der Waals surface area (Å²) < 4.78 is 17.6. The molecular weight excluding hydrogens is 316 g/mol. The van der Waals surface area contributed by atoms with Crippen LogP contribution in [0.3, 0.4) is 0 Å². The van der Waals surface area contributed by atoms with E-state index in [1.807, 2.05) is 0 Å². The molecule has 3 rings (SSSR count). The van der Waals surface area contributed by atoms with Crippen molar-refractivity contribution in [3.63, 3.8) is 0 Å². The van der Waals surface area contributed by atoms with Crippen molar-refractivity contribution in [3.05, 3.63) is 0 Å². The van der Waals surface area contributed by atoms with Gasteiger partial charge in [0.25, 0.3) is 0 Å². The summed E-state index contributed by atoms with van der Waals surface area (Å²) in [5.41, 5.74) is 0. The Balaban J connectivity index is 1.24. The topological polar surface area (TPSA) is 44.8 Å². The molecule has 0 unspecified atom stereocenters. The first-order valence-electron chi connectivity index (χ1n) is 10.7. The molecule has 0 N–H and O–H groups in total. The van der Waals surface area contributed by atoms with E-state index in [9.17, 15) is 4.79 Å². The van der Waals surface area contributed by atoms with E-state index in [1.54, 1.807) is 0 Å². The second kappa shape index (κ2) is 10.5. The summed E-state index contributed by atoms with van der Waals surface area (Å²) in [6.07, 6.45) is 17.0. The fourth-order valence-electron chi connectivity index (χ4n) is 4.57. The number of hydrogen-bond acceptors (Lipinski definition) is 4. The van der Waals surface area contributed by atoms with Crippen molar-refractivity contribution in [1.29, 1.82) is 0 Å². The molecule has 0 radical (unpaired) electrons. The Labute approximate surface area is 153 Å². The van der Waals surface area contributed by atoms with Gasteiger partial charge in [-0.2, -0.15) is 0 Å². The lowest BCUT2D eigenvalue weighted by Crippen LogP contribution is -2.31. The molecule has 0 bridgehead atoms. The molecule has 0 aromatic heterocycles. The Kier molecular flexibility index (Phi) is 8.06. The highest BCUT2D eigenvalue weighted by Crippen LogP contribution is 2.29. The van der Waals surface area contributed by atoms with E-state index in [0.717, 1.165) is 38.5 Å². The molecule has 0 atom stereocenters. The Bertz CT molecular complexity index is 377. The van der Waals surface area contributed by atoms with Gasteiger partial charge in [-0.05, 0) is 64.2 Å². The van der Waals surface area contributed by atoms with Crippen molar-refractivity contribution in [3.8, 4) is 0 Å². The highest BCUT2D eigenvalue weighted by Gasteiger charge is 2.29. The Hall–Kier alpha value is -0.610. The van der Waals surface area contributed by atoms with Crippen LogP contribution in [0.1, 0.15) is 89.9 Å². The fraction of sp³-hybridized carbons (Fsp3) is 0.952. The van der Waals surface area contributed by atoms with E-state index in [1.165, 1.54) is 51.4 Å². The van der Waals surface area contributed by atoms with Gasteiger partial charge in [-0.1, -0.05) is 25.7 Å². The zero-order valence-corrected chi connectivity index (χ0v) is 15.8. The van der Waals surface area contributed by atoms with Gasteiger partial charge in [-0.3, -0.25) is 4.79 Å². The molecule has 0 spiro atoms. The van der Waals surface area contributed by atoms with Crippen molar-refractivity contribution in [2.45, 2.75) is 108 Å². The van der Waals surface area contributed by atoms with E-state index in [0.29, 0.717) is 25.4 Å². The molecule has 0 aromatic carbocycles. The predicted molar refractivity (Wildman–Crippen MR) is 97.5 cm³/mol. The van der Waals surface area contributed by atoms with Gasteiger partial charge in [0.05, 0.1) is 31.3 Å². The molecular formula is C21H36O4. The van der Waals surface area contributed by atoms with Gasteiger partial charge in [-0.15, -0.1) is 0 Å². The number of carbonyl (C=O) groups is 1. The van der Waals surface area contributed by atoms with Gasteiger partial charge in [0.15, 0.2) is 0 Å². The molecule has 4 nitrogen and oxygen atoms in total. The summed E-state index contributed by atoms with van der Waals surface area (Å²) in [6.45, 7) is 1.41. The summed E-state index contributed by atoms with van der Waals surface area (Å²) in [7, 11) is 0. The third-order valence-electron chi connectivity index (χ3n) is 6.19. The Morgan fingerprint density at radius 3 is 1.64 bits per heavy atom. The number of carbonyl (C=O) groups excluding carboxylic acids is 1. The quantitative estimate of drug-likeness (QED) is 0.488. The number of esters is 1. The summed E-state index contributed by atoms with van der Waals surface area (Å²) in [5.74, 6) is 0.145. The van der Waals surface area contributed by atoms with Crippen LogP contribution in [0.2, 0.25) is 0 Å². The zero-order valence-electron chi connectivity index (χ0n) is 15.8. The van der Waals surface area contributed by atoms with Crippen molar-refractivity contribution in [2.75, 3.05) is 13.2 Å². The number of ether oxygens (including phenoxy) is 3. The van der Waals surface area contributed by atoms with Gasteiger partial charge in [0.2, 0.25) is 0 Å². The van der Waals surface area contributed by atoms with Crippen LogP contribution in [0.25, 0.3) is 0 Å². The molecule has 0 aromatic rings. The molecule has 0 saturated heterocycles. The first-order valence-corrected chi connectivity index (χ1v) is 10.7. The fourth-order valence-corrected chi connectivity index (χ4v) is 4.57. The van der Waals surface area contributed by atoms with Crippen molar-refractivity contribution >= 4 is 5.97 Å². The van der Waals surface area contributed by atoms with Crippen molar-refractivity contribution < 1.29 is 19.0 Å². The summed E-state index contributed by atoms with van der Waals surface area (Å²) in [5, 5.41) is 0. The molecule has 25 heavy (non-hydrogen) atoms. The van der Waals surface area contributed by atoms with E-state index in [2.05, 4.69) is 0 Å². The van der Waals surface area contributed by atoms with E-state index >= 15 is 0 Å². The van der Waals surface area contributed by atoms with Crippen LogP contribution in [0.5, 0.6) is 0 Å². The molecule has 4 heteroatoms. The molecule has 0 amide bonds. The SMILES string of the molecule is O=C(OC1CCCCC1)C1CCC(OCCOC2CCCCC2)CC1. The lowest BCUT2D eigenvalue weighted by Gasteiger charge is -2.30. The highest BCUT2D eigenvalue weighted by molar-refractivity contribution is 5.72. The summed E-state index contributed by atoms with van der Waals surface area (Å²) >= 11 is 0. The molecule has 0 heterocycles. The molecule has 3 aliphatic carbocycles. The van der Waals surface area contributed by atoms with Gasteiger partial charge >= 0.3 is 5.97 Å². The van der Waals surface area contributed by atoms with E-state index in [4.69, 9.17) is 14.2 Å². The summed E-state index contributed by atoms with van der Waals surface area (Å²) in [4.78, 5) is 12.3. The maximum Gasteiger partial charge on any atom is 0.309 e. The minimum Gasteiger partial charge on any atom is -0.462 e. The standard InChI is InChI=1S/C21H36O4/c22-21(25-20-9-5-2-6-10-20)17-11-13-19(14-12-17)24-16-15-23-18-7-3-1-4-8-18/h17-20H,1-16H2. The monoisotopic (exact) mass is 352 g/mol. The first kappa shape index (κ1) is 19.2. The highest BCUT2D eigenvalue weighted by atomic mass is 16.5. The van der Waals surface area contributed by atoms with Crippen LogP contribution in [-0.4, -0.2) is 37.5 Å². The maximum absolute atomic E-state index is 12.3. The average Bonchev–Trinajstić information content (AvgIpc) is 2.67. The van der Waals surface area contributed by atoms with Crippen molar-refractivity contribution in [2.24, 2.45) is 5.92 Å². The number of hydrogen-bond donors (Lipinski definition) is 0. The third-order valence-corrected chi connectivity index (χ3v) is 6.19. The van der Waals surface area contributed by atoms with Crippen LogP contribution >= 0.6 is 0 Å². The second-order valence-corrected chi connectivity index (χ2v) is 8.17. The lowest BCUT2D eigenvalue weighted by atomic mass is 9.87. The van der Waals surface area contributed by atoms with Crippen LogP contribution in [-0.2, 0) is 19.0 Å². The van der Waals surface area contributed by atoms with Crippen LogP contribution < -0.4 is 0 Å². The maximum atomic E-state index is 12.3. The third kappa shape index (κ3) is 6.56. The normalized spacial score (nSPS) is 29.4. The minimum absolute atomic E-state index is 0.0472. The van der Waals surface area contributed by atoms with Crippen LogP contribution in [0.4, 0.5) is 0 Å². The predicted octanol–water partition coefficient (Wildman–Crippen LogP) is 4.79. The average molecular weight is 353 g/mol. The molecule has 3 saturated carbocycles. The van der Waals surface area contributed by atoms with Crippen LogP contribution in [0, 0.1) is 5.92 Å². The molecule has 3 aliphatic rings. The summed E-state index contributed by atoms with van der Waals surface area (Å²) in [6, 6.07) is 0. The van der Waals surface area contributed by atoms with Gasteiger partial charge in [0.1, 0.15) is 6.10 Å². The first-order chi connectivity index (χ1) is 12.3. The minimum atomic E-state index is 0.0472. The van der Waals surface area contributed by atoms with Gasteiger partial charge in [0, 0.05) is 0 Å². The molecule has 144 valence electrons. The van der Waals surface area contributed by atoms with E-state index in [-0.39, 0.29) is 18.0 Å². The Morgan fingerprint density at radius 2 is 1.08 bits per heavy atom. The van der Waals surface area contributed by atoms with Gasteiger partial charge < -0.3 is 14.2 Å². The van der Waals surface area contributed by atoms with E-state index < -0.39 is 0 Å². The smallest absolute Gasteiger partial charge is 0.309 e. The van der Waals surface area contributed by atoms with Crippen LogP contribution in [0.15, 0.2) is 0 Å². The number of rotatable bonds is 7. The molecule has 3 fully saturated rings. The Morgan fingerprint density at radius 1 is 0.600 bits per heavy atom. The van der Waals surface area contributed by atoms with Crippen molar-refractivity contribution in [1.82, 2.24) is 0 Å². The van der Waals surface area contributed by atoms with Gasteiger partial charge in [-0.25, -0.2) is 0 Å². The second-order valence-electron chi connectivity index (χ2n) is 8.17. The lowest BCUT2D eigenvalue weighted by molar-refractivity contribution is -0.157. The largest absolute Gasteiger partial charge is 0.462 e. The zero-order chi connectivity index (χ0) is 17.3. The molecule has 0 aliphatic heterocycles.